The molecule has 2 amide bonds. The van der Waals surface area contributed by atoms with Crippen molar-refractivity contribution in [1.29, 1.82) is 0 Å². The van der Waals surface area contributed by atoms with E-state index >= 15 is 0 Å². The van der Waals surface area contributed by atoms with Crippen LogP contribution < -0.4 is 4.74 Å². The van der Waals surface area contributed by atoms with Crippen molar-refractivity contribution in [3.63, 3.8) is 0 Å². The van der Waals surface area contributed by atoms with Crippen LogP contribution in [-0.2, 0) is 11.4 Å². The lowest BCUT2D eigenvalue weighted by Crippen LogP contribution is -2.34. The molecule has 3 rings (SSSR count). The minimum Gasteiger partial charge on any atom is -0.487 e. The molecule has 0 radical (unpaired) electrons. The third-order valence-electron chi connectivity index (χ3n) is 3.99. The number of hydrogen-bond acceptors (Lipinski definition) is 4. The lowest BCUT2D eigenvalue weighted by molar-refractivity contribution is -0.123. The molecule has 0 saturated carbocycles. The molecular weight excluding hydrogens is 624 g/mol. The molecule has 1 saturated heterocycles. The smallest absolute Gasteiger partial charge is 0.293 e. The van der Waals surface area contributed by atoms with Gasteiger partial charge < -0.3 is 4.74 Å². The van der Waals surface area contributed by atoms with Crippen LogP contribution in [0.5, 0.6) is 5.75 Å². The minimum atomic E-state index is -0.242. The van der Waals surface area contributed by atoms with E-state index in [9.17, 15) is 9.59 Å². The molecule has 0 spiro atoms. The zero-order valence-electron chi connectivity index (χ0n) is 15.0. The number of halogens is 3. The van der Waals surface area contributed by atoms with Gasteiger partial charge >= 0.3 is 0 Å². The van der Waals surface area contributed by atoms with Gasteiger partial charge in [0.1, 0.15) is 12.4 Å². The summed E-state index contributed by atoms with van der Waals surface area (Å²) in [5.74, 6) is 0.530. The van der Waals surface area contributed by atoms with E-state index < -0.39 is 0 Å². The van der Waals surface area contributed by atoms with Crippen molar-refractivity contribution >= 4 is 85.8 Å². The Morgan fingerprint density at radius 3 is 2.39 bits per heavy atom. The average Bonchev–Trinajstić information content (AvgIpc) is 2.89. The highest BCUT2D eigenvalue weighted by Gasteiger charge is 2.36. The first-order valence-electron chi connectivity index (χ1n) is 8.40. The monoisotopic (exact) mass is 639 g/mol. The molecule has 8 heteroatoms. The SMILES string of the molecule is CC(C)N1C(=O)S/C(=C/c2cc(I)c(OCc3ccccc3Cl)c(I)c2)C1=O. The maximum absolute atomic E-state index is 12.5. The Bertz CT molecular complexity index is 955. The van der Waals surface area contributed by atoms with Crippen molar-refractivity contribution < 1.29 is 14.3 Å². The Balaban J connectivity index is 1.82. The van der Waals surface area contributed by atoms with Gasteiger partial charge in [0.2, 0.25) is 0 Å². The minimum absolute atomic E-state index is 0.153. The summed E-state index contributed by atoms with van der Waals surface area (Å²) in [6.45, 7) is 4.03. The topological polar surface area (TPSA) is 46.6 Å². The fourth-order valence-corrected chi connectivity index (χ4v) is 5.92. The second-order valence-electron chi connectivity index (χ2n) is 6.34. The normalized spacial score (nSPS) is 15.8. The van der Waals surface area contributed by atoms with Crippen molar-refractivity contribution in [2.75, 3.05) is 0 Å². The summed E-state index contributed by atoms with van der Waals surface area (Å²) in [7, 11) is 0. The van der Waals surface area contributed by atoms with Crippen LogP contribution in [0.1, 0.15) is 25.0 Å². The van der Waals surface area contributed by atoms with Crippen molar-refractivity contribution in [3.8, 4) is 5.75 Å². The van der Waals surface area contributed by atoms with Gasteiger partial charge in [-0.05, 0) is 101 Å². The molecule has 0 unspecified atom stereocenters. The number of imide groups is 1. The molecule has 0 N–H and O–H groups in total. The first-order valence-corrected chi connectivity index (χ1v) is 11.8. The van der Waals surface area contributed by atoms with Crippen molar-refractivity contribution in [2.45, 2.75) is 26.5 Å². The van der Waals surface area contributed by atoms with E-state index in [4.69, 9.17) is 16.3 Å². The maximum Gasteiger partial charge on any atom is 0.293 e. The fourth-order valence-electron chi connectivity index (χ4n) is 2.64. The van der Waals surface area contributed by atoms with E-state index in [1.165, 1.54) is 4.90 Å². The van der Waals surface area contributed by atoms with Crippen LogP contribution in [0.15, 0.2) is 41.3 Å². The van der Waals surface area contributed by atoms with Crippen LogP contribution >= 0.6 is 68.5 Å². The van der Waals surface area contributed by atoms with Gasteiger partial charge in [0.05, 0.1) is 12.0 Å². The van der Waals surface area contributed by atoms with Gasteiger partial charge in [-0.1, -0.05) is 29.8 Å². The summed E-state index contributed by atoms with van der Waals surface area (Å²) in [4.78, 5) is 26.2. The van der Waals surface area contributed by atoms with Gasteiger partial charge in [-0.2, -0.15) is 0 Å². The van der Waals surface area contributed by atoms with E-state index in [0.717, 1.165) is 35.8 Å². The number of carbonyl (C=O) groups excluding carboxylic acids is 2. The number of benzene rings is 2. The number of carbonyl (C=O) groups is 2. The Morgan fingerprint density at radius 2 is 1.82 bits per heavy atom. The largest absolute Gasteiger partial charge is 0.487 e. The van der Waals surface area contributed by atoms with Crippen molar-refractivity contribution in [3.05, 3.63) is 64.6 Å². The predicted octanol–water partition coefficient (Wildman–Crippen LogP) is 6.57. The van der Waals surface area contributed by atoms with Gasteiger partial charge in [0.25, 0.3) is 11.1 Å². The van der Waals surface area contributed by atoms with Gasteiger partial charge in [0, 0.05) is 16.6 Å². The lowest BCUT2D eigenvalue weighted by Gasteiger charge is -2.16. The Morgan fingerprint density at radius 1 is 1.18 bits per heavy atom. The molecule has 0 aromatic heterocycles. The van der Waals surface area contributed by atoms with E-state index in [2.05, 4.69) is 45.2 Å². The highest BCUT2D eigenvalue weighted by molar-refractivity contribution is 14.1. The number of rotatable bonds is 5. The summed E-state index contributed by atoms with van der Waals surface area (Å²) in [5, 5.41) is 0.445. The molecule has 0 bridgehead atoms. The summed E-state index contributed by atoms with van der Waals surface area (Å²) in [6.07, 6.45) is 1.76. The first-order chi connectivity index (χ1) is 13.3. The third-order valence-corrected chi connectivity index (χ3v) is 6.84. The number of thioether (sulfide) groups is 1. The lowest BCUT2D eigenvalue weighted by atomic mass is 10.2. The Kier molecular flexibility index (Phi) is 7.32. The van der Waals surface area contributed by atoms with E-state index in [1.54, 1.807) is 6.08 Å². The van der Waals surface area contributed by atoms with Gasteiger partial charge in [0.15, 0.2) is 0 Å². The number of ether oxygens (including phenoxy) is 1. The van der Waals surface area contributed by atoms with Gasteiger partial charge in [-0.25, -0.2) is 0 Å². The Labute approximate surface area is 200 Å². The molecule has 0 atom stereocenters. The molecule has 146 valence electrons. The highest BCUT2D eigenvalue weighted by atomic mass is 127. The summed E-state index contributed by atoms with van der Waals surface area (Å²) >= 11 is 11.6. The average molecular weight is 640 g/mol. The van der Waals surface area contributed by atoms with Crippen LogP contribution in [0, 0.1) is 7.14 Å². The van der Waals surface area contributed by atoms with E-state index in [-0.39, 0.29) is 17.2 Å². The molecule has 1 fully saturated rings. The second-order valence-corrected chi connectivity index (χ2v) is 10.1. The molecule has 4 nitrogen and oxygen atoms in total. The number of amides is 2. The fraction of sp³-hybridized carbons (Fsp3) is 0.200. The zero-order chi connectivity index (χ0) is 20.4. The molecule has 1 heterocycles. The summed E-state index contributed by atoms with van der Waals surface area (Å²) in [5.41, 5.74) is 1.77. The maximum atomic E-state index is 12.5. The van der Waals surface area contributed by atoms with E-state index in [1.807, 2.05) is 50.2 Å². The van der Waals surface area contributed by atoms with Gasteiger partial charge in [-0.15, -0.1) is 0 Å². The molecule has 2 aromatic carbocycles. The number of hydrogen-bond donors (Lipinski definition) is 0. The first kappa shape index (κ1) is 21.9. The van der Waals surface area contributed by atoms with Crippen LogP contribution in [-0.4, -0.2) is 22.1 Å². The van der Waals surface area contributed by atoms with Crippen LogP contribution in [0.25, 0.3) is 6.08 Å². The third kappa shape index (κ3) is 4.85. The van der Waals surface area contributed by atoms with Crippen LogP contribution in [0.2, 0.25) is 5.02 Å². The van der Waals surface area contributed by atoms with Crippen molar-refractivity contribution in [2.24, 2.45) is 0 Å². The number of nitrogens with zero attached hydrogens (tertiary/aromatic N) is 1. The quantitative estimate of drug-likeness (QED) is 0.274. The van der Waals surface area contributed by atoms with Crippen molar-refractivity contribution in [1.82, 2.24) is 4.90 Å². The van der Waals surface area contributed by atoms with Crippen LogP contribution in [0.4, 0.5) is 4.79 Å². The predicted molar refractivity (Wildman–Crippen MR) is 131 cm³/mol. The summed E-state index contributed by atoms with van der Waals surface area (Å²) in [6, 6.07) is 11.3. The Hall–Kier alpha value is -0.780. The zero-order valence-corrected chi connectivity index (χ0v) is 20.9. The van der Waals surface area contributed by atoms with Crippen LogP contribution in [0.3, 0.4) is 0 Å². The molecule has 1 aliphatic rings. The second kappa shape index (κ2) is 9.36. The standard InChI is InChI=1S/C20H16ClI2NO3S/c1-11(2)24-19(25)17(28-20(24)26)9-12-7-15(22)18(16(23)8-12)27-10-13-5-3-4-6-14(13)21/h3-9,11H,10H2,1-2H3/b17-9+. The highest BCUT2D eigenvalue weighted by Crippen LogP contribution is 2.36. The molecule has 28 heavy (non-hydrogen) atoms. The molecule has 0 aliphatic carbocycles. The molecular formula is C20H16ClI2NO3S. The molecule has 1 aliphatic heterocycles. The molecule has 2 aromatic rings. The van der Waals surface area contributed by atoms with E-state index in [0.29, 0.717) is 16.5 Å². The van der Waals surface area contributed by atoms with Gasteiger partial charge in [-0.3, -0.25) is 14.5 Å². The summed E-state index contributed by atoms with van der Waals surface area (Å²) < 4.78 is 7.84.